The summed E-state index contributed by atoms with van der Waals surface area (Å²) in [5.41, 5.74) is 2.60. The largest absolute Gasteiger partial charge is 0.493 e. The lowest BCUT2D eigenvalue weighted by atomic mass is 9.96. The van der Waals surface area contributed by atoms with E-state index in [1.165, 1.54) is 32.1 Å². The van der Waals surface area contributed by atoms with Gasteiger partial charge in [0.25, 0.3) is 0 Å². The van der Waals surface area contributed by atoms with Gasteiger partial charge in [0.2, 0.25) is 0 Å². The maximum atomic E-state index is 13.0. The van der Waals surface area contributed by atoms with Gasteiger partial charge >= 0.3 is 0 Å². The molecule has 28 heavy (non-hydrogen) atoms. The summed E-state index contributed by atoms with van der Waals surface area (Å²) in [4.78, 5) is 13.0. The molecule has 0 saturated carbocycles. The second-order valence-electron chi connectivity index (χ2n) is 7.47. The van der Waals surface area contributed by atoms with Crippen LogP contribution >= 0.6 is 0 Å². The van der Waals surface area contributed by atoms with Crippen LogP contribution in [0.4, 0.5) is 0 Å². The zero-order valence-corrected chi connectivity index (χ0v) is 17.0. The molecule has 0 bridgehead atoms. The Labute approximate surface area is 168 Å². The van der Waals surface area contributed by atoms with Gasteiger partial charge in [-0.2, -0.15) is 0 Å². The van der Waals surface area contributed by atoms with Gasteiger partial charge in [0.15, 0.2) is 5.78 Å². The van der Waals surface area contributed by atoms with Gasteiger partial charge in [-0.1, -0.05) is 99.2 Å². The molecule has 3 aromatic carbocycles. The van der Waals surface area contributed by atoms with Gasteiger partial charge in [-0.05, 0) is 24.8 Å². The lowest BCUT2D eigenvalue weighted by Crippen LogP contribution is -2.03. The molecule has 0 aliphatic heterocycles. The maximum absolute atomic E-state index is 13.0. The third-order valence-electron chi connectivity index (χ3n) is 5.20. The van der Waals surface area contributed by atoms with Crippen LogP contribution in [0.25, 0.3) is 10.8 Å². The van der Waals surface area contributed by atoms with Gasteiger partial charge in [0.1, 0.15) is 5.75 Å². The first-order valence-electron chi connectivity index (χ1n) is 10.5. The molecule has 0 saturated heterocycles. The third-order valence-corrected chi connectivity index (χ3v) is 5.20. The molecule has 146 valence electrons. The Bertz CT molecular complexity index is 909. The fourth-order valence-corrected chi connectivity index (χ4v) is 3.53. The summed E-state index contributed by atoms with van der Waals surface area (Å²) in [5.74, 6) is 0.920. The molecule has 0 spiro atoms. The van der Waals surface area contributed by atoms with Crippen LogP contribution in [0, 0.1) is 6.92 Å². The van der Waals surface area contributed by atoms with E-state index >= 15 is 0 Å². The predicted molar refractivity (Wildman–Crippen MR) is 117 cm³/mol. The summed E-state index contributed by atoms with van der Waals surface area (Å²) in [7, 11) is 0. The molecule has 0 N–H and O–H groups in total. The SMILES string of the molecule is CCCCCCCCOc1cccc2c(C(=O)c3ccc(C)cc3)cccc12. The van der Waals surface area contributed by atoms with Crippen LogP contribution in [0.5, 0.6) is 5.75 Å². The van der Waals surface area contributed by atoms with Crippen LogP contribution in [0.15, 0.2) is 60.7 Å². The standard InChI is InChI=1S/C26H30O2/c1-3-4-5-6-7-8-19-28-25-14-10-11-22-23(25)12-9-13-24(22)26(27)21-17-15-20(2)16-18-21/h9-18H,3-8,19H2,1-2H3. The van der Waals surface area contributed by atoms with Crippen molar-refractivity contribution in [2.24, 2.45) is 0 Å². The highest BCUT2D eigenvalue weighted by Gasteiger charge is 2.14. The molecule has 0 radical (unpaired) electrons. The minimum absolute atomic E-state index is 0.0543. The van der Waals surface area contributed by atoms with Crippen molar-refractivity contribution in [2.75, 3.05) is 6.61 Å². The summed E-state index contributed by atoms with van der Waals surface area (Å²) in [6, 6.07) is 19.6. The van der Waals surface area contributed by atoms with Crippen molar-refractivity contribution in [1.82, 2.24) is 0 Å². The van der Waals surface area contributed by atoms with Crippen molar-refractivity contribution >= 4 is 16.6 Å². The topological polar surface area (TPSA) is 26.3 Å². The Balaban J connectivity index is 1.73. The highest BCUT2D eigenvalue weighted by atomic mass is 16.5. The van der Waals surface area contributed by atoms with E-state index < -0.39 is 0 Å². The number of aryl methyl sites for hydroxylation is 1. The molecule has 0 unspecified atom stereocenters. The Morgan fingerprint density at radius 3 is 2.25 bits per heavy atom. The Morgan fingerprint density at radius 1 is 0.786 bits per heavy atom. The van der Waals surface area contributed by atoms with E-state index in [9.17, 15) is 4.79 Å². The molecule has 0 amide bonds. The van der Waals surface area contributed by atoms with Gasteiger partial charge in [-0.15, -0.1) is 0 Å². The normalized spacial score (nSPS) is 10.9. The van der Waals surface area contributed by atoms with Crippen LogP contribution in [0.3, 0.4) is 0 Å². The van der Waals surface area contributed by atoms with Crippen LogP contribution < -0.4 is 4.74 Å². The first-order valence-corrected chi connectivity index (χ1v) is 10.5. The number of unbranched alkanes of at least 4 members (excludes halogenated alkanes) is 5. The smallest absolute Gasteiger partial charge is 0.193 e. The number of ketones is 1. The number of rotatable bonds is 10. The third kappa shape index (κ3) is 5.01. The van der Waals surface area contributed by atoms with Gasteiger partial charge in [-0.3, -0.25) is 4.79 Å². The van der Waals surface area contributed by atoms with E-state index in [-0.39, 0.29) is 5.78 Å². The number of hydrogen-bond acceptors (Lipinski definition) is 2. The fourth-order valence-electron chi connectivity index (χ4n) is 3.53. The lowest BCUT2D eigenvalue weighted by molar-refractivity contribution is 0.104. The van der Waals surface area contributed by atoms with Crippen LogP contribution in [-0.2, 0) is 0 Å². The zero-order valence-electron chi connectivity index (χ0n) is 17.0. The van der Waals surface area contributed by atoms with E-state index in [0.717, 1.165) is 46.2 Å². The number of benzene rings is 3. The minimum atomic E-state index is 0.0543. The molecule has 3 rings (SSSR count). The van der Waals surface area contributed by atoms with Crippen molar-refractivity contribution in [3.05, 3.63) is 77.4 Å². The van der Waals surface area contributed by atoms with Gasteiger partial charge in [0.05, 0.1) is 6.61 Å². The first-order chi connectivity index (χ1) is 13.7. The van der Waals surface area contributed by atoms with Crippen molar-refractivity contribution in [3.63, 3.8) is 0 Å². The van der Waals surface area contributed by atoms with Gasteiger partial charge in [-0.25, -0.2) is 0 Å². The number of carbonyl (C=O) groups is 1. The minimum Gasteiger partial charge on any atom is -0.493 e. The highest BCUT2D eigenvalue weighted by molar-refractivity contribution is 6.17. The molecule has 2 nitrogen and oxygen atoms in total. The number of hydrogen-bond donors (Lipinski definition) is 0. The monoisotopic (exact) mass is 374 g/mol. The number of fused-ring (bicyclic) bond motifs is 1. The van der Waals surface area contributed by atoms with E-state index in [0.29, 0.717) is 0 Å². The molecule has 0 atom stereocenters. The molecule has 3 aromatic rings. The molecule has 0 aromatic heterocycles. The molecule has 0 fully saturated rings. The van der Waals surface area contributed by atoms with Crippen LogP contribution in [0.1, 0.15) is 66.9 Å². The van der Waals surface area contributed by atoms with Gasteiger partial charge < -0.3 is 4.74 Å². The molecular formula is C26H30O2. The molecular weight excluding hydrogens is 344 g/mol. The van der Waals surface area contributed by atoms with Crippen LogP contribution in [0.2, 0.25) is 0 Å². The van der Waals surface area contributed by atoms with E-state index in [1.54, 1.807) is 0 Å². The quantitative estimate of drug-likeness (QED) is 0.279. The summed E-state index contributed by atoms with van der Waals surface area (Å²) in [5, 5.41) is 1.96. The van der Waals surface area contributed by atoms with Crippen molar-refractivity contribution in [2.45, 2.75) is 52.4 Å². The molecule has 2 heteroatoms. The molecule has 0 aliphatic rings. The summed E-state index contributed by atoms with van der Waals surface area (Å²) in [6.07, 6.45) is 7.47. The maximum Gasteiger partial charge on any atom is 0.193 e. The first kappa shape index (κ1) is 20.1. The van der Waals surface area contributed by atoms with Crippen molar-refractivity contribution < 1.29 is 9.53 Å². The number of ether oxygens (including phenoxy) is 1. The fraction of sp³-hybridized carbons (Fsp3) is 0.346. The zero-order chi connectivity index (χ0) is 19.8. The number of carbonyl (C=O) groups excluding carboxylic acids is 1. The van der Waals surface area contributed by atoms with E-state index in [2.05, 4.69) is 6.92 Å². The van der Waals surface area contributed by atoms with E-state index in [4.69, 9.17) is 4.74 Å². The van der Waals surface area contributed by atoms with Crippen molar-refractivity contribution in [3.8, 4) is 5.75 Å². The Morgan fingerprint density at radius 2 is 1.46 bits per heavy atom. The molecule has 0 aliphatic carbocycles. The average molecular weight is 375 g/mol. The lowest BCUT2D eigenvalue weighted by Gasteiger charge is -2.12. The van der Waals surface area contributed by atoms with Gasteiger partial charge in [0, 0.05) is 16.5 Å². The summed E-state index contributed by atoms with van der Waals surface area (Å²) < 4.78 is 6.07. The van der Waals surface area contributed by atoms with E-state index in [1.807, 2.05) is 67.6 Å². The Hall–Kier alpha value is -2.61. The summed E-state index contributed by atoms with van der Waals surface area (Å²) >= 11 is 0. The predicted octanol–water partition coefficient (Wildman–Crippen LogP) is 7.12. The van der Waals surface area contributed by atoms with Crippen molar-refractivity contribution in [1.29, 1.82) is 0 Å². The second-order valence-corrected chi connectivity index (χ2v) is 7.47. The highest BCUT2D eigenvalue weighted by Crippen LogP contribution is 2.29. The van der Waals surface area contributed by atoms with Crippen LogP contribution in [-0.4, -0.2) is 12.4 Å². The average Bonchev–Trinajstić information content (AvgIpc) is 2.73. The molecule has 0 heterocycles. The second kappa shape index (κ2) is 10.1. The Kier molecular flexibility index (Phi) is 7.25. The summed E-state index contributed by atoms with van der Waals surface area (Å²) in [6.45, 7) is 4.99.